The van der Waals surface area contributed by atoms with Gasteiger partial charge in [-0.25, -0.2) is 9.13 Å². The van der Waals surface area contributed by atoms with Crippen LogP contribution in [0.1, 0.15) is 369 Å². The predicted octanol–water partition coefficient (Wildman–Crippen LogP) is 20.8. The minimum Gasteiger partial charge on any atom is -0.462 e. The third-order valence-corrected chi connectivity index (χ3v) is 18.6. The summed E-state index contributed by atoms with van der Waals surface area (Å²) >= 11 is 0. The zero-order chi connectivity index (χ0) is 67.2. The first kappa shape index (κ1) is 89.1. The number of rotatable bonds is 71. The number of carbonyl (C=O) groups is 4. The lowest BCUT2D eigenvalue weighted by Crippen LogP contribution is -2.30. The predicted molar refractivity (Wildman–Crippen MR) is 368 cm³/mol. The number of esters is 4. The average molecular weight is 1340 g/mol. The number of phosphoric acid groups is 2. The van der Waals surface area contributed by atoms with Crippen LogP contribution in [0.4, 0.5) is 0 Å². The van der Waals surface area contributed by atoms with Crippen LogP contribution in [0, 0.1) is 11.8 Å². The van der Waals surface area contributed by atoms with E-state index in [4.69, 9.17) is 37.0 Å². The smallest absolute Gasteiger partial charge is 0.462 e. The second-order valence-corrected chi connectivity index (χ2v) is 29.8. The second-order valence-electron chi connectivity index (χ2n) is 26.9. The molecule has 0 aliphatic heterocycles. The van der Waals surface area contributed by atoms with Crippen molar-refractivity contribution in [2.75, 3.05) is 39.6 Å². The van der Waals surface area contributed by atoms with Gasteiger partial charge >= 0.3 is 39.5 Å². The molecule has 3 N–H and O–H groups in total. The van der Waals surface area contributed by atoms with E-state index < -0.39 is 97.5 Å². The Bertz CT molecular complexity index is 1770. The van der Waals surface area contributed by atoms with Gasteiger partial charge in [0.05, 0.1) is 26.4 Å². The van der Waals surface area contributed by atoms with Crippen molar-refractivity contribution in [2.24, 2.45) is 11.8 Å². The van der Waals surface area contributed by atoms with Crippen LogP contribution in [0.2, 0.25) is 0 Å². The number of phosphoric ester groups is 2. The van der Waals surface area contributed by atoms with E-state index in [1.807, 2.05) is 0 Å². The summed E-state index contributed by atoms with van der Waals surface area (Å²) in [6.07, 6.45) is 49.9. The fourth-order valence-corrected chi connectivity index (χ4v) is 12.5. The van der Waals surface area contributed by atoms with Crippen molar-refractivity contribution in [1.82, 2.24) is 0 Å². The molecule has 0 aromatic carbocycles. The van der Waals surface area contributed by atoms with E-state index in [2.05, 4.69) is 41.5 Å². The Morgan fingerprint density at radius 3 is 0.747 bits per heavy atom. The molecule has 91 heavy (non-hydrogen) atoms. The first-order valence-electron chi connectivity index (χ1n) is 37.5. The zero-order valence-corrected chi connectivity index (χ0v) is 60.9. The van der Waals surface area contributed by atoms with Gasteiger partial charge in [0.15, 0.2) is 12.2 Å². The maximum absolute atomic E-state index is 13.0. The molecule has 19 heteroatoms. The SMILES string of the molecule is CCCCCCCCCCCCCCCCC(=O)O[C@H](COC(=O)CCCCCCCCCC)COP(=O)(O)OC[C@H](O)COP(=O)(O)OC[C@@H](COC(=O)CCCCCCCCCCCCCC(C)C)OC(=O)CCCCCCCCCCCCCCC(C)C. The van der Waals surface area contributed by atoms with Crippen molar-refractivity contribution in [3.05, 3.63) is 0 Å². The first-order chi connectivity index (χ1) is 43.9. The Hall–Kier alpha value is -1.94. The molecule has 0 spiro atoms. The van der Waals surface area contributed by atoms with Gasteiger partial charge < -0.3 is 33.8 Å². The lowest BCUT2D eigenvalue weighted by atomic mass is 10.0. The summed E-state index contributed by atoms with van der Waals surface area (Å²) in [5.74, 6) is -0.574. The molecule has 0 aromatic rings. The molecular weight excluding hydrogens is 1200 g/mol. The third kappa shape index (κ3) is 66.5. The van der Waals surface area contributed by atoms with Gasteiger partial charge in [-0.15, -0.1) is 0 Å². The Labute approximate surface area is 556 Å². The fraction of sp³-hybridized carbons (Fsp3) is 0.944. The van der Waals surface area contributed by atoms with Gasteiger partial charge in [-0.3, -0.25) is 37.3 Å². The maximum Gasteiger partial charge on any atom is 0.472 e. The summed E-state index contributed by atoms with van der Waals surface area (Å²) < 4.78 is 68.3. The molecule has 0 fully saturated rings. The minimum absolute atomic E-state index is 0.107. The fourth-order valence-electron chi connectivity index (χ4n) is 10.9. The van der Waals surface area contributed by atoms with E-state index in [0.29, 0.717) is 25.7 Å². The van der Waals surface area contributed by atoms with Crippen molar-refractivity contribution in [1.29, 1.82) is 0 Å². The molecule has 0 saturated carbocycles. The van der Waals surface area contributed by atoms with Crippen molar-refractivity contribution in [2.45, 2.75) is 387 Å². The van der Waals surface area contributed by atoms with Crippen molar-refractivity contribution < 1.29 is 80.2 Å². The summed E-state index contributed by atoms with van der Waals surface area (Å²) in [6.45, 7) is 9.56. The minimum atomic E-state index is -4.95. The summed E-state index contributed by atoms with van der Waals surface area (Å²) in [7, 11) is -9.90. The molecule has 540 valence electrons. The van der Waals surface area contributed by atoms with Crippen LogP contribution < -0.4 is 0 Å². The monoisotopic (exact) mass is 1340 g/mol. The molecule has 2 unspecified atom stereocenters. The molecule has 0 heterocycles. The van der Waals surface area contributed by atoms with Crippen molar-refractivity contribution in [3.63, 3.8) is 0 Å². The highest BCUT2D eigenvalue weighted by Crippen LogP contribution is 2.45. The zero-order valence-electron chi connectivity index (χ0n) is 59.1. The topological polar surface area (TPSA) is 237 Å². The summed E-state index contributed by atoms with van der Waals surface area (Å²) in [5, 5.41) is 10.6. The van der Waals surface area contributed by atoms with E-state index in [9.17, 15) is 43.2 Å². The van der Waals surface area contributed by atoms with Crippen LogP contribution in [0.5, 0.6) is 0 Å². The van der Waals surface area contributed by atoms with Crippen LogP contribution in [-0.4, -0.2) is 96.7 Å². The normalized spacial score (nSPS) is 14.1. The average Bonchev–Trinajstić information content (AvgIpc) is 3.54. The van der Waals surface area contributed by atoms with Crippen molar-refractivity contribution >= 4 is 39.5 Å². The first-order valence-corrected chi connectivity index (χ1v) is 40.5. The number of hydrogen-bond acceptors (Lipinski definition) is 15. The van der Waals surface area contributed by atoms with E-state index in [0.717, 1.165) is 108 Å². The largest absolute Gasteiger partial charge is 0.472 e. The Balaban J connectivity index is 5.23. The molecule has 17 nitrogen and oxygen atoms in total. The van der Waals surface area contributed by atoms with E-state index >= 15 is 0 Å². The van der Waals surface area contributed by atoms with Crippen molar-refractivity contribution in [3.8, 4) is 0 Å². The highest BCUT2D eigenvalue weighted by Gasteiger charge is 2.30. The molecule has 0 aromatic heterocycles. The van der Waals surface area contributed by atoms with E-state index in [1.54, 1.807) is 0 Å². The van der Waals surface area contributed by atoms with Crippen LogP contribution in [0.3, 0.4) is 0 Å². The quantitative estimate of drug-likeness (QED) is 0.0222. The van der Waals surface area contributed by atoms with Gasteiger partial charge in [-0.1, -0.05) is 318 Å². The van der Waals surface area contributed by atoms with E-state index in [-0.39, 0.29) is 25.7 Å². The summed E-state index contributed by atoms with van der Waals surface area (Å²) in [4.78, 5) is 72.6. The van der Waals surface area contributed by atoms with Crippen LogP contribution in [0.25, 0.3) is 0 Å². The highest BCUT2D eigenvalue weighted by atomic mass is 31.2. The van der Waals surface area contributed by atoms with Gasteiger partial charge in [-0.05, 0) is 37.5 Å². The number of aliphatic hydroxyl groups is 1. The van der Waals surface area contributed by atoms with Crippen LogP contribution in [0.15, 0.2) is 0 Å². The lowest BCUT2D eigenvalue weighted by Gasteiger charge is -2.21. The van der Waals surface area contributed by atoms with Gasteiger partial charge in [-0.2, -0.15) is 0 Å². The number of unbranched alkanes of at least 4 members (excludes halogenated alkanes) is 41. The number of carbonyl (C=O) groups excluding carboxylic acids is 4. The highest BCUT2D eigenvalue weighted by molar-refractivity contribution is 7.47. The molecule has 0 rings (SSSR count). The second kappa shape index (κ2) is 64.1. The van der Waals surface area contributed by atoms with Gasteiger partial charge in [0.1, 0.15) is 19.3 Å². The molecule has 0 aliphatic carbocycles. The Morgan fingerprint density at radius 2 is 0.505 bits per heavy atom. The standard InChI is InChI=1S/C72H140O17P2/c1-7-9-11-13-15-17-18-19-20-26-32-38-44-50-56-71(76)88-67(60-82-69(74)54-48-42-36-16-14-12-10-8-2)62-86-90(78,79)84-58-66(73)59-85-91(80,81)87-63-68(61-83-70(75)55-49-43-37-31-28-23-25-30-35-41-47-53-65(5)6)89-72(77)57-51-45-39-33-27-22-21-24-29-34-40-46-52-64(3)4/h64-68,73H,7-63H2,1-6H3,(H,78,79)(H,80,81)/t66-,67+,68+/m0/s1. The van der Waals surface area contributed by atoms with Gasteiger partial charge in [0.2, 0.25) is 0 Å². The third-order valence-electron chi connectivity index (χ3n) is 16.7. The molecule has 0 bridgehead atoms. The molecule has 0 amide bonds. The van der Waals surface area contributed by atoms with E-state index in [1.165, 1.54) is 180 Å². The molecule has 0 radical (unpaired) electrons. The van der Waals surface area contributed by atoms with Crippen LogP contribution >= 0.6 is 15.6 Å². The Kier molecular flexibility index (Phi) is 62.7. The maximum atomic E-state index is 13.0. The number of aliphatic hydroxyl groups excluding tert-OH is 1. The summed E-state index contributed by atoms with van der Waals surface area (Å²) in [6, 6.07) is 0. The molecule has 5 atom stereocenters. The number of ether oxygens (including phenoxy) is 4. The lowest BCUT2D eigenvalue weighted by molar-refractivity contribution is -0.161. The molecular formula is C72H140O17P2. The van der Waals surface area contributed by atoms with Crippen LogP contribution in [-0.2, 0) is 65.4 Å². The number of hydrogen-bond donors (Lipinski definition) is 3. The Morgan fingerprint density at radius 1 is 0.297 bits per heavy atom. The van der Waals surface area contributed by atoms with Gasteiger partial charge in [0, 0.05) is 25.7 Å². The molecule has 0 saturated heterocycles. The molecule has 0 aliphatic rings. The van der Waals surface area contributed by atoms with Gasteiger partial charge in [0.25, 0.3) is 0 Å². The summed E-state index contributed by atoms with van der Waals surface area (Å²) in [5.41, 5.74) is 0.